The van der Waals surface area contributed by atoms with Crippen molar-refractivity contribution in [1.29, 1.82) is 0 Å². The topological polar surface area (TPSA) is 68.0 Å². The van der Waals surface area contributed by atoms with Crippen molar-refractivity contribution in [2.45, 2.75) is 39.3 Å². The van der Waals surface area contributed by atoms with E-state index in [-0.39, 0.29) is 30.3 Å². The molecule has 0 saturated carbocycles. The van der Waals surface area contributed by atoms with Crippen LogP contribution < -0.4 is 4.90 Å². The Morgan fingerprint density at radius 1 is 1.26 bits per heavy atom. The predicted molar refractivity (Wildman–Crippen MR) is 114 cm³/mol. The third kappa shape index (κ3) is 4.91. The van der Waals surface area contributed by atoms with Crippen molar-refractivity contribution in [2.24, 2.45) is 5.92 Å². The number of aromatic nitrogens is 1. The minimum atomic E-state index is -0.369. The molecule has 1 aromatic heterocycles. The number of ether oxygens (including phenoxy) is 2. The first-order valence-electron chi connectivity index (χ1n) is 11.0. The van der Waals surface area contributed by atoms with Crippen LogP contribution in [0.25, 0.3) is 11.3 Å². The molecule has 1 atom stereocenters. The summed E-state index contributed by atoms with van der Waals surface area (Å²) in [6.45, 7) is 7.77. The van der Waals surface area contributed by atoms with Gasteiger partial charge in [0.15, 0.2) is 0 Å². The number of hydrogen-bond acceptors (Lipinski definition) is 6. The molecule has 7 nitrogen and oxygen atoms in total. The first kappa shape index (κ1) is 21.8. The zero-order chi connectivity index (χ0) is 21.8. The molecular formula is C23H30FN3O4. The smallest absolute Gasteiger partial charge is 0.233 e. The van der Waals surface area contributed by atoms with Crippen molar-refractivity contribution in [2.75, 3.05) is 44.4 Å². The summed E-state index contributed by atoms with van der Waals surface area (Å²) in [6.07, 6.45) is 1.95. The first-order chi connectivity index (χ1) is 15.0. The van der Waals surface area contributed by atoms with Gasteiger partial charge in [-0.3, -0.25) is 4.79 Å². The molecule has 4 rings (SSSR count). The molecule has 2 aliphatic heterocycles. The number of morpholine rings is 1. The second-order valence-electron chi connectivity index (χ2n) is 8.40. The molecule has 0 spiro atoms. The molecule has 31 heavy (non-hydrogen) atoms. The number of amides is 1. The second kappa shape index (κ2) is 9.78. The van der Waals surface area contributed by atoms with Crippen molar-refractivity contribution in [3.63, 3.8) is 0 Å². The molecule has 2 aromatic rings. The van der Waals surface area contributed by atoms with Crippen LogP contribution in [-0.4, -0.2) is 61.5 Å². The van der Waals surface area contributed by atoms with Gasteiger partial charge in [0, 0.05) is 37.7 Å². The summed E-state index contributed by atoms with van der Waals surface area (Å²) in [6, 6.07) is 6.52. The third-order valence-corrected chi connectivity index (χ3v) is 5.80. The highest BCUT2D eigenvalue weighted by atomic mass is 19.1. The quantitative estimate of drug-likeness (QED) is 0.669. The Balaban J connectivity index is 1.71. The van der Waals surface area contributed by atoms with Crippen LogP contribution in [0.4, 0.5) is 10.3 Å². The van der Waals surface area contributed by atoms with Crippen molar-refractivity contribution >= 4 is 11.8 Å². The molecule has 2 aliphatic rings. The normalized spacial score (nSPS) is 19.2. The van der Waals surface area contributed by atoms with Crippen LogP contribution >= 0.6 is 0 Å². The van der Waals surface area contributed by atoms with Gasteiger partial charge in [-0.05, 0) is 25.0 Å². The molecular weight excluding hydrogens is 401 g/mol. The largest absolute Gasteiger partial charge is 0.378 e. The Kier molecular flexibility index (Phi) is 6.87. The number of benzene rings is 1. The standard InChI is InChI=1S/C23H30FN3O4/c1-16(2)22(28)27(14-17-6-5-11-30-17)15-19-21(18-7-3-4-8-20(18)24)25-31-23(19)26-9-12-29-13-10-26/h3-4,7-8,16-17H,5-6,9-15H2,1-2H3. The SMILES string of the molecule is CC(C)C(=O)N(Cc1c(-c2ccccc2F)noc1N1CCOCC1)CC1CCCO1. The number of hydrogen-bond donors (Lipinski definition) is 0. The van der Waals surface area contributed by atoms with Crippen LogP contribution in [0, 0.1) is 11.7 Å². The van der Waals surface area contributed by atoms with Gasteiger partial charge in [0.05, 0.1) is 31.4 Å². The molecule has 1 unspecified atom stereocenters. The molecule has 8 heteroatoms. The number of rotatable bonds is 7. The highest BCUT2D eigenvalue weighted by Crippen LogP contribution is 2.34. The number of carbonyl (C=O) groups excluding carboxylic acids is 1. The van der Waals surface area contributed by atoms with E-state index in [0.717, 1.165) is 25.0 Å². The molecule has 2 saturated heterocycles. The van der Waals surface area contributed by atoms with Gasteiger partial charge in [-0.2, -0.15) is 0 Å². The maximum atomic E-state index is 14.6. The van der Waals surface area contributed by atoms with Gasteiger partial charge < -0.3 is 23.8 Å². The van der Waals surface area contributed by atoms with Gasteiger partial charge in [-0.25, -0.2) is 4.39 Å². The summed E-state index contributed by atoms with van der Waals surface area (Å²) in [5.74, 6) is 0.0796. The lowest BCUT2D eigenvalue weighted by atomic mass is 10.0. The van der Waals surface area contributed by atoms with Gasteiger partial charge in [0.2, 0.25) is 11.8 Å². The van der Waals surface area contributed by atoms with Crippen LogP contribution in [0.5, 0.6) is 0 Å². The molecule has 1 amide bonds. The fourth-order valence-corrected chi connectivity index (χ4v) is 4.15. The van der Waals surface area contributed by atoms with Crippen LogP contribution in [0.3, 0.4) is 0 Å². The summed E-state index contributed by atoms with van der Waals surface area (Å²) in [7, 11) is 0. The van der Waals surface area contributed by atoms with Gasteiger partial charge in [-0.15, -0.1) is 0 Å². The number of halogens is 1. The zero-order valence-corrected chi connectivity index (χ0v) is 18.2. The monoisotopic (exact) mass is 431 g/mol. The average Bonchev–Trinajstić information content (AvgIpc) is 3.44. The summed E-state index contributed by atoms with van der Waals surface area (Å²) < 4.78 is 31.6. The van der Waals surface area contributed by atoms with Crippen molar-refractivity contribution in [1.82, 2.24) is 10.1 Å². The maximum Gasteiger partial charge on any atom is 0.233 e. The third-order valence-electron chi connectivity index (χ3n) is 5.80. The first-order valence-corrected chi connectivity index (χ1v) is 11.0. The lowest BCUT2D eigenvalue weighted by Crippen LogP contribution is -2.40. The number of nitrogens with zero attached hydrogens (tertiary/aromatic N) is 3. The van der Waals surface area contributed by atoms with E-state index in [1.165, 1.54) is 6.07 Å². The van der Waals surface area contributed by atoms with Crippen LogP contribution in [0.2, 0.25) is 0 Å². The van der Waals surface area contributed by atoms with Gasteiger partial charge in [-0.1, -0.05) is 31.1 Å². The van der Waals surface area contributed by atoms with Gasteiger partial charge >= 0.3 is 0 Å². The molecule has 0 radical (unpaired) electrons. The van der Waals surface area contributed by atoms with E-state index in [0.29, 0.717) is 50.0 Å². The Labute approximate surface area is 182 Å². The van der Waals surface area contributed by atoms with E-state index in [2.05, 4.69) is 10.1 Å². The van der Waals surface area contributed by atoms with Crippen LogP contribution in [0.15, 0.2) is 28.8 Å². The number of anilines is 1. The van der Waals surface area contributed by atoms with E-state index < -0.39 is 0 Å². The molecule has 0 aliphatic carbocycles. The van der Waals surface area contributed by atoms with E-state index >= 15 is 0 Å². The molecule has 0 bridgehead atoms. The molecule has 3 heterocycles. The van der Waals surface area contributed by atoms with Crippen LogP contribution in [-0.2, 0) is 20.8 Å². The highest BCUT2D eigenvalue weighted by molar-refractivity contribution is 5.79. The summed E-state index contributed by atoms with van der Waals surface area (Å²) in [5, 5.41) is 4.24. The average molecular weight is 432 g/mol. The summed E-state index contributed by atoms with van der Waals surface area (Å²) >= 11 is 0. The fourth-order valence-electron chi connectivity index (χ4n) is 4.15. The van der Waals surface area contributed by atoms with E-state index in [4.69, 9.17) is 14.0 Å². The van der Waals surface area contributed by atoms with Crippen LogP contribution in [0.1, 0.15) is 32.3 Å². The molecule has 1 aromatic carbocycles. The summed E-state index contributed by atoms with van der Waals surface area (Å²) in [4.78, 5) is 16.9. The minimum Gasteiger partial charge on any atom is -0.378 e. The Morgan fingerprint density at radius 3 is 2.71 bits per heavy atom. The summed E-state index contributed by atoms with van der Waals surface area (Å²) in [5.41, 5.74) is 1.53. The zero-order valence-electron chi connectivity index (χ0n) is 18.2. The van der Waals surface area contributed by atoms with Crippen molar-refractivity contribution in [3.8, 4) is 11.3 Å². The predicted octanol–water partition coefficient (Wildman–Crippen LogP) is 3.48. The Bertz CT molecular complexity index is 889. The lowest BCUT2D eigenvalue weighted by Gasteiger charge is -2.30. The van der Waals surface area contributed by atoms with Crippen molar-refractivity contribution in [3.05, 3.63) is 35.6 Å². The highest BCUT2D eigenvalue weighted by Gasteiger charge is 2.30. The van der Waals surface area contributed by atoms with E-state index in [1.807, 2.05) is 18.7 Å². The van der Waals surface area contributed by atoms with Crippen molar-refractivity contribution < 1.29 is 23.2 Å². The minimum absolute atomic E-state index is 0.0197. The maximum absolute atomic E-state index is 14.6. The second-order valence-corrected chi connectivity index (χ2v) is 8.40. The fraction of sp³-hybridized carbons (Fsp3) is 0.565. The molecule has 0 N–H and O–H groups in total. The molecule has 168 valence electrons. The lowest BCUT2D eigenvalue weighted by molar-refractivity contribution is -0.136. The van der Waals surface area contributed by atoms with Gasteiger partial charge in [0.25, 0.3) is 0 Å². The molecule has 2 fully saturated rings. The Hall–Kier alpha value is -2.45. The Morgan fingerprint density at radius 2 is 2.03 bits per heavy atom. The number of carbonyl (C=O) groups is 1. The van der Waals surface area contributed by atoms with Gasteiger partial charge in [0.1, 0.15) is 11.5 Å². The van der Waals surface area contributed by atoms with E-state index in [1.54, 1.807) is 18.2 Å². The van der Waals surface area contributed by atoms with E-state index in [9.17, 15) is 9.18 Å².